The van der Waals surface area contributed by atoms with Gasteiger partial charge >= 0.3 is 0 Å². The molecule has 1 aromatic carbocycles. The van der Waals surface area contributed by atoms with E-state index < -0.39 is 0 Å². The van der Waals surface area contributed by atoms with E-state index in [1.54, 1.807) is 7.11 Å². The topological polar surface area (TPSA) is 30.5 Å². The number of benzene rings is 1. The minimum absolute atomic E-state index is 0.326. The Bertz CT molecular complexity index is 422. The third-order valence-electron chi connectivity index (χ3n) is 3.27. The van der Waals surface area contributed by atoms with Crippen LogP contribution in [0.15, 0.2) is 16.6 Å². The van der Waals surface area contributed by atoms with E-state index in [-0.39, 0.29) is 0 Å². The second-order valence-corrected chi connectivity index (χ2v) is 5.82. The van der Waals surface area contributed by atoms with Crippen LogP contribution in [0.5, 0.6) is 5.75 Å². The van der Waals surface area contributed by atoms with Crippen molar-refractivity contribution < 1.29 is 9.47 Å². The number of anilines is 1. The number of hydrogen-bond acceptors (Lipinski definition) is 3. The Labute approximate surface area is 121 Å². The molecule has 0 bridgehead atoms. The highest BCUT2D eigenvalue weighted by Crippen LogP contribution is 2.37. The zero-order chi connectivity index (χ0) is 13.1. The molecule has 1 aliphatic heterocycles. The fraction of sp³-hybridized carbons (Fsp3) is 0.538. The van der Waals surface area contributed by atoms with Crippen LogP contribution < -0.4 is 10.1 Å². The van der Waals surface area contributed by atoms with E-state index in [1.807, 2.05) is 12.1 Å². The molecule has 5 heteroatoms. The molecule has 2 unspecified atom stereocenters. The van der Waals surface area contributed by atoms with Gasteiger partial charge in [-0.1, -0.05) is 11.6 Å². The van der Waals surface area contributed by atoms with Gasteiger partial charge in [-0.2, -0.15) is 0 Å². The molecule has 2 atom stereocenters. The van der Waals surface area contributed by atoms with Crippen LogP contribution in [0.1, 0.15) is 13.3 Å². The Morgan fingerprint density at radius 2 is 2.33 bits per heavy atom. The van der Waals surface area contributed by atoms with Crippen LogP contribution in [0.2, 0.25) is 5.02 Å². The molecule has 100 valence electrons. The van der Waals surface area contributed by atoms with Gasteiger partial charge in [-0.05, 0) is 41.4 Å². The van der Waals surface area contributed by atoms with E-state index in [0.29, 0.717) is 17.0 Å². The first-order valence-electron chi connectivity index (χ1n) is 5.99. The van der Waals surface area contributed by atoms with Crippen LogP contribution >= 0.6 is 27.5 Å². The van der Waals surface area contributed by atoms with Gasteiger partial charge in [-0.25, -0.2) is 0 Å². The highest BCUT2D eigenvalue weighted by Gasteiger charge is 2.23. The van der Waals surface area contributed by atoms with Crippen molar-refractivity contribution in [2.45, 2.75) is 19.4 Å². The average molecular weight is 335 g/mol. The van der Waals surface area contributed by atoms with Gasteiger partial charge in [-0.15, -0.1) is 0 Å². The quantitative estimate of drug-likeness (QED) is 0.904. The van der Waals surface area contributed by atoms with Crippen molar-refractivity contribution >= 4 is 33.2 Å². The molecule has 18 heavy (non-hydrogen) atoms. The number of hydrogen-bond donors (Lipinski definition) is 1. The third-order valence-corrected chi connectivity index (χ3v) is 4.07. The molecule has 0 spiro atoms. The van der Waals surface area contributed by atoms with Gasteiger partial charge < -0.3 is 14.8 Å². The first-order chi connectivity index (χ1) is 8.61. The van der Waals surface area contributed by atoms with Crippen molar-refractivity contribution in [1.82, 2.24) is 0 Å². The van der Waals surface area contributed by atoms with E-state index in [4.69, 9.17) is 21.1 Å². The Hall–Kier alpha value is -0.450. The molecular weight excluding hydrogens is 318 g/mol. The highest BCUT2D eigenvalue weighted by atomic mass is 79.9. The molecule has 0 saturated carbocycles. The second kappa shape index (κ2) is 6.13. The van der Waals surface area contributed by atoms with Crippen molar-refractivity contribution in [3.63, 3.8) is 0 Å². The van der Waals surface area contributed by atoms with Crippen molar-refractivity contribution in [1.29, 1.82) is 0 Å². The smallest absolute Gasteiger partial charge is 0.156 e. The van der Waals surface area contributed by atoms with E-state index in [9.17, 15) is 0 Å². The van der Waals surface area contributed by atoms with Crippen LogP contribution in [0, 0.1) is 5.92 Å². The lowest BCUT2D eigenvalue weighted by Crippen LogP contribution is -2.26. The number of methoxy groups -OCH3 is 1. The van der Waals surface area contributed by atoms with Crippen LogP contribution in [0.4, 0.5) is 5.69 Å². The lowest BCUT2D eigenvalue weighted by atomic mass is 10.0. The standard InChI is InChI=1S/C13H17BrClNO2/c1-8(9-3-4-18-7-9)16-12-6-10(15)5-11(14)13(12)17-2/h5-6,8-9,16H,3-4,7H2,1-2H3. The van der Waals surface area contributed by atoms with Crippen LogP contribution in [0.3, 0.4) is 0 Å². The lowest BCUT2D eigenvalue weighted by Gasteiger charge is -2.22. The maximum absolute atomic E-state index is 6.07. The molecule has 0 radical (unpaired) electrons. The molecule has 0 amide bonds. The number of nitrogens with one attached hydrogen (secondary N) is 1. The highest BCUT2D eigenvalue weighted by molar-refractivity contribution is 9.10. The summed E-state index contributed by atoms with van der Waals surface area (Å²) < 4.78 is 11.7. The number of rotatable bonds is 4. The third kappa shape index (κ3) is 3.11. The minimum atomic E-state index is 0.326. The molecule has 0 aromatic heterocycles. The zero-order valence-electron chi connectivity index (χ0n) is 10.5. The first kappa shape index (κ1) is 14.0. The normalized spacial score (nSPS) is 20.8. The summed E-state index contributed by atoms with van der Waals surface area (Å²) in [6.07, 6.45) is 1.10. The van der Waals surface area contributed by atoms with Crippen molar-refractivity contribution in [2.24, 2.45) is 5.92 Å². The molecule has 1 aromatic rings. The summed E-state index contributed by atoms with van der Waals surface area (Å²) in [5, 5.41) is 4.15. The minimum Gasteiger partial charge on any atom is -0.493 e. The Balaban J connectivity index is 2.16. The summed E-state index contributed by atoms with van der Waals surface area (Å²) in [5.74, 6) is 1.32. The first-order valence-corrected chi connectivity index (χ1v) is 7.16. The fourth-order valence-electron chi connectivity index (χ4n) is 2.19. The molecule has 1 fully saturated rings. The zero-order valence-corrected chi connectivity index (χ0v) is 12.8. The van der Waals surface area contributed by atoms with Gasteiger partial charge in [0.15, 0.2) is 5.75 Å². The molecule has 1 aliphatic rings. The van der Waals surface area contributed by atoms with E-state index in [1.165, 1.54) is 0 Å². The summed E-state index contributed by atoms with van der Waals surface area (Å²) in [5.41, 5.74) is 0.913. The Morgan fingerprint density at radius 1 is 1.56 bits per heavy atom. The molecule has 1 heterocycles. The van der Waals surface area contributed by atoms with E-state index in [0.717, 1.165) is 35.5 Å². The molecule has 0 aliphatic carbocycles. The molecule has 1 N–H and O–H groups in total. The average Bonchev–Trinajstić information content (AvgIpc) is 2.81. The second-order valence-electron chi connectivity index (χ2n) is 4.53. The van der Waals surface area contributed by atoms with Crippen molar-refractivity contribution in [2.75, 3.05) is 25.6 Å². The summed E-state index contributed by atoms with van der Waals surface area (Å²) in [4.78, 5) is 0. The molecule has 1 saturated heterocycles. The van der Waals surface area contributed by atoms with Gasteiger partial charge in [0, 0.05) is 23.6 Å². The summed E-state index contributed by atoms with van der Waals surface area (Å²) in [6, 6.07) is 4.04. The lowest BCUT2D eigenvalue weighted by molar-refractivity contribution is 0.183. The SMILES string of the molecule is COc1c(Br)cc(Cl)cc1NC(C)C1CCOC1. The monoisotopic (exact) mass is 333 g/mol. The maximum atomic E-state index is 6.07. The molecule has 2 rings (SSSR count). The Kier molecular flexibility index (Phi) is 4.76. The van der Waals surface area contributed by atoms with Gasteiger partial charge in [0.1, 0.15) is 0 Å². The predicted octanol–water partition coefficient (Wildman–Crippen LogP) is 3.95. The van der Waals surface area contributed by atoms with Gasteiger partial charge in [0.2, 0.25) is 0 Å². The van der Waals surface area contributed by atoms with Crippen molar-refractivity contribution in [3.8, 4) is 5.75 Å². The summed E-state index contributed by atoms with van der Waals surface area (Å²) in [7, 11) is 1.66. The van der Waals surface area contributed by atoms with Gasteiger partial charge in [0.05, 0.1) is 23.9 Å². The van der Waals surface area contributed by atoms with Crippen LogP contribution in [0.25, 0.3) is 0 Å². The van der Waals surface area contributed by atoms with Crippen molar-refractivity contribution in [3.05, 3.63) is 21.6 Å². The number of halogens is 2. The molecular formula is C13H17BrClNO2. The predicted molar refractivity (Wildman–Crippen MR) is 77.7 cm³/mol. The van der Waals surface area contributed by atoms with Gasteiger partial charge in [-0.3, -0.25) is 0 Å². The van der Waals surface area contributed by atoms with Crippen LogP contribution in [-0.4, -0.2) is 26.4 Å². The van der Waals surface area contributed by atoms with E-state index >= 15 is 0 Å². The number of ether oxygens (including phenoxy) is 2. The fourth-order valence-corrected chi connectivity index (χ4v) is 3.16. The summed E-state index contributed by atoms with van der Waals surface area (Å²) >= 11 is 9.53. The Morgan fingerprint density at radius 3 is 2.94 bits per heavy atom. The largest absolute Gasteiger partial charge is 0.493 e. The van der Waals surface area contributed by atoms with Gasteiger partial charge in [0.25, 0.3) is 0 Å². The maximum Gasteiger partial charge on any atom is 0.156 e. The van der Waals surface area contributed by atoms with E-state index in [2.05, 4.69) is 28.2 Å². The van der Waals surface area contributed by atoms with Crippen LogP contribution in [-0.2, 0) is 4.74 Å². The molecule has 3 nitrogen and oxygen atoms in total. The summed E-state index contributed by atoms with van der Waals surface area (Å²) in [6.45, 7) is 3.83.